The van der Waals surface area contributed by atoms with Crippen molar-refractivity contribution in [3.63, 3.8) is 0 Å². The summed E-state index contributed by atoms with van der Waals surface area (Å²) in [7, 11) is 0. The number of morpholine rings is 1. The summed E-state index contributed by atoms with van der Waals surface area (Å²) < 4.78 is 11.0. The van der Waals surface area contributed by atoms with Crippen LogP contribution in [0.25, 0.3) is 11.1 Å². The van der Waals surface area contributed by atoms with Crippen LogP contribution in [-0.2, 0) is 20.9 Å². The van der Waals surface area contributed by atoms with Gasteiger partial charge in [-0.1, -0.05) is 24.3 Å². The van der Waals surface area contributed by atoms with Crippen LogP contribution in [0.5, 0.6) is 0 Å². The molecule has 2 N–H and O–H groups in total. The summed E-state index contributed by atoms with van der Waals surface area (Å²) in [5.74, 6) is -0.502. The maximum Gasteiger partial charge on any atom is 0.253 e. The predicted molar refractivity (Wildman–Crippen MR) is 110 cm³/mol. The molecule has 4 rings (SSSR count). The van der Waals surface area contributed by atoms with E-state index in [1.165, 1.54) is 0 Å². The number of nitrogens with zero attached hydrogens (tertiary/aromatic N) is 2. The van der Waals surface area contributed by atoms with E-state index in [9.17, 15) is 9.59 Å². The lowest BCUT2D eigenvalue weighted by atomic mass is 10.00. The van der Waals surface area contributed by atoms with Crippen LogP contribution in [-0.4, -0.2) is 62.7 Å². The average molecular weight is 395 g/mol. The van der Waals surface area contributed by atoms with Crippen LogP contribution in [0.2, 0.25) is 0 Å². The van der Waals surface area contributed by atoms with Crippen molar-refractivity contribution in [2.75, 3.05) is 50.9 Å². The molecule has 0 spiro atoms. The first kappa shape index (κ1) is 19.6. The van der Waals surface area contributed by atoms with Gasteiger partial charge in [-0.3, -0.25) is 14.5 Å². The van der Waals surface area contributed by atoms with Crippen molar-refractivity contribution in [3.8, 4) is 11.1 Å². The molecule has 2 aliphatic heterocycles. The van der Waals surface area contributed by atoms with Crippen LogP contribution >= 0.6 is 0 Å². The molecule has 7 nitrogen and oxygen atoms in total. The molecule has 1 saturated heterocycles. The first-order valence-electron chi connectivity index (χ1n) is 9.83. The minimum absolute atomic E-state index is 0.0416. The second kappa shape index (κ2) is 8.73. The van der Waals surface area contributed by atoms with E-state index >= 15 is 0 Å². The number of fused-ring (bicyclic) bond motifs is 1. The zero-order chi connectivity index (χ0) is 20.2. The third kappa shape index (κ3) is 4.48. The molecule has 0 aromatic heterocycles. The maximum atomic E-state index is 12.7. The topological polar surface area (TPSA) is 85.1 Å². The highest BCUT2D eigenvalue weighted by Gasteiger charge is 2.24. The molecule has 2 aromatic rings. The molecular formula is C22H25N3O4. The van der Waals surface area contributed by atoms with E-state index in [0.717, 1.165) is 55.2 Å². The number of hydrogen-bond acceptors (Lipinski definition) is 5. The molecule has 7 heteroatoms. The van der Waals surface area contributed by atoms with E-state index in [0.29, 0.717) is 18.7 Å². The van der Waals surface area contributed by atoms with Crippen molar-refractivity contribution in [3.05, 3.63) is 53.6 Å². The van der Waals surface area contributed by atoms with E-state index < -0.39 is 5.91 Å². The number of benzene rings is 2. The fourth-order valence-electron chi connectivity index (χ4n) is 3.74. The highest BCUT2D eigenvalue weighted by atomic mass is 16.5. The molecular weight excluding hydrogens is 370 g/mol. The molecule has 2 aromatic carbocycles. The summed E-state index contributed by atoms with van der Waals surface area (Å²) >= 11 is 0. The van der Waals surface area contributed by atoms with Gasteiger partial charge in [0.05, 0.1) is 19.8 Å². The first-order chi connectivity index (χ1) is 14.1. The van der Waals surface area contributed by atoms with Gasteiger partial charge in [-0.05, 0) is 29.3 Å². The summed E-state index contributed by atoms with van der Waals surface area (Å²) in [4.78, 5) is 28.4. The van der Waals surface area contributed by atoms with Gasteiger partial charge < -0.3 is 20.1 Å². The Balaban J connectivity index is 1.63. The van der Waals surface area contributed by atoms with Crippen molar-refractivity contribution in [2.24, 2.45) is 5.73 Å². The normalized spacial score (nSPS) is 17.7. The lowest BCUT2D eigenvalue weighted by molar-refractivity contribution is -0.123. The maximum absolute atomic E-state index is 12.7. The Morgan fingerprint density at radius 2 is 1.76 bits per heavy atom. The Labute approximate surface area is 170 Å². The Hall–Kier alpha value is -2.74. The van der Waals surface area contributed by atoms with Gasteiger partial charge in [-0.2, -0.15) is 0 Å². The standard InChI is InChI=1S/C22H25N3O4/c23-22(27)18-3-1-2-16(12-18)17-4-5-19-14-29-15-21(26)25(20(19)13-17)7-6-24-8-10-28-11-9-24/h1-5,12-13H,6-11,14-15H2,(H2,23,27). The summed E-state index contributed by atoms with van der Waals surface area (Å²) in [5.41, 5.74) is 9.54. The highest BCUT2D eigenvalue weighted by Crippen LogP contribution is 2.31. The van der Waals surface area contributed by atoms with Gasteiger partial charge in [0.15, 0.2) is 0 Å². The number of hydrogen-bond donors (Lipinski definition) is 1. The second-order valence-corrected chi connectivity index (χ2v) is 7.28. The molecule has 0 saturated carbocycles. The van der Waals surface area contributed by atoms with Crippen molar-refractivity contribution >= 4 is 17.5 Å². The molecule has 152 valence electrons. The lowest BCUT2D eigenvalue weighted by Crippen LogP contribution is -2.43. The van der Waals surface area contributed by atoms with Gasteiger partial charge in [0.2, 0.25) is 5.91 Å². The highest BCUT2D eigenvalue weighted by molar-refractivity contribution is 5.97. The molecule has 0 unspecified atom stereocenters. The number of amides is 2. The molecule has 0 atom stereocenters. The number of carbonyl (C=O) groups excluding carboxylic acids is 2. The summed E-state index contributed by atoms with van der Waals surface area (Å²) in [5, 5.41) is 0. The van der Waals surface area contributed by atoms with Crippen LogP contribution in [0.15, 0.2) is 42.5 Å². The zero-order valence-electron chi connectivity index (χ0n) is 16.3. The molecule has 29 heavy (non-hydrogen) atoms. The van der Waals surface area contributed by atoms with Gasteiger partial charge in [0.25, 0.3) is 5.91 Å². The fraction of sp³-hybridized carbons (Fsp3) is 0.364. The van der Waals surface area contributed by atoms with Crippen molar-refractivity contribution < 1.29 is 19.1 Å². The third-order valence-electron chi connectivity index (χ3n) is 5.38. The van der Waals surface area contributed by atoms with E-state index in [4.69, 9.17) is 15.2 Å². The van der Waals surface area contributed by atoms with Crippen LogP contribution in [0, 0.1) is 0 Å². The minimum atomic E-state index is -0.461. The summed E-state index contributed by atoms with van der Waals surface area (Å²) in [6.45, 7) is 5.08. The molecule has 0 aliphatic carbocycles. The predicted octanol–water partition coefficient (Wildman–Crippen LogP) is 1.65. The average Bonchev–Trinajstić information content (AvgIpc) is 2.90. The SMILES string of the molecule is NC(=O)c1cccc(-c2ccc3c(c2)N(CCN2CCOCC2)C(=O)COC3)c1. The van der Waals surface area contributed by atoms with Gasteiger partial charge in [0.1, 0.15) is 6.61 Å². The number of ether oxygens (including phenoxy) is 2. The Kier molecular flexibility index (Phi) is 5.89. The van der Waals surface area contributed by atoms with Gasteiger partial charge in [-0.15, -0.1) is 0 Å². The smallest absolute Gasteiger partial charge is 0.253 e. The first-order valence-corrected chi connectivity index (χ1v) is 9.83. The number of anilines is 1. The van der Waals surface area contributed by atoms with Crippen LogP contribution < -0.4 is 10.6 Å². The van der Waals surface area contributed by atoms with Gasteiger partial charge in [0, 0.05) is 43.0 Å². The molecule has 2 aliphatic rings. The Bertz CT molecular complexity index is 909. The van der Waals surface area contributed by atoms with Crippen LogP contribution in [0.4, 0.5) is 5.69 Å². The number of carbonyl (C=O) groups is 2. The molecule has 1 fully saturated rings. The van der Waals surface area contributed by atoms with Crippen LogP contribution in [0.3, 0.4) is 0 Å². The Morgan fingerprint density at radius 1 is 0.966 bits per heavy atom. The molecule has 2 heterocycles. The number of primary amides is 1. The van der Waals surface area contributed by atoms with Gasteiger partial charge >= 0.3 is 0 Å². The largest absolute Gasteiger partial charge is 0.379 e. The van der Waals surface area contributed by atoms with Gasteiger partial charge in [-0.25, -0.2) is 0 Å². The summed E-state index contributed by atoms with van der Waals surface area (Å²) in [6.07, 6.45) is 0. The quantitative estimate of drug-likeness (QED) is 0.832. The van der Waals surface area contributed by atoms with Crippen LogP contribution in [0.1, 0.15) is 15.9 Å². The van der Waals surface area contributed by atoms with Crippen molar-refractivity contribution in [1.29, 1.82) is 0 Å². The van der Waals surface area contributed by atoms with E-state index in [1.807, 2.05) is 35.2 Å². The number of nitrogens with two attached hydrogens (primary N) is 1. The molecule has 0 bridgehead atoms. The zero-order valence-corrected chi connectivity index (χ0v) is 16.3. The summed E-state index contributed by atoms with van der Waals surface area (Å²) in [6, 6.07) is 13.2. The third-order valence-corrected chi connectivity index (χ3v) is 5.38. The Morgan fingerprint density at radius 3 is 2.55 bits per heavy atom. The monoisotopic (exact) mass is 395 g/mol. The molecule has 2 amide bonds. The fourth-order valence-corrected chi connectivity index (χ4v) is 3.74. The number of rotatable bonds is 5. The second-order valence-electron chi connectivity index (χ2n) is 7.28. The van der Waals surface area contributed by atoms with Crippen molar-refractivity contribution in [2.45, 2.75) is 6.61 Å². The molecule has 0 radical (unpaired) electrons. The lowest BCUT2D eigenvalue weighted by Gasteiger charge is -2.30. The van der Waals surface area contributed by atoms with E-state index in [2.05, 4.69) is 4.90 Å². The minimum Gasteiger partial charge on any atom is -0.379 e. The van der Waals surface area contributed by atoms with E-state index in [-0.39, 0.29) is 12.5 Å². The van der Waals surface area contributed by atoms with E-state index in [1.54, 1.807) is 12.1 Å². The van der Waals surface area contributed by atoms with Crippen molar-refractivity contribution in [1.82, 2.24) is 4.90 Å².